The molecule has 1 aliphatic rings. The first-order valence-electron chi connectivity index (χ1n) is 6.43. The second-order valence-electron chi connectivity index (χ2n) is 4.74. The van der Waals surface area contributed by atoms with Gasteiger partial charge in [0.2, 0.25) is 6.79 Å². The van der Waals surface area contributed by atoms with Gasteiger partial charge < -0.3 is 14.4 Å². The highest BCUT2D eigenvalue weighted by Crippen LogP contribution is 2.33. The molecule has 3 rings (SSSR count). The first-order valence-corrected chi connectivity index (χ1v) is 7.24. The van der Waals surface area contributed by atoms with Gasteiger partial charge in [-0.05, 0) is 23.8 Å². The molecule has 22 heavy (non-hydrogen) atoms. The summed E-state index contributed by atoms with van der Waals surface area (Å²) in [6, 6.07) is 8.29. The summed E-state index contributed by atoms with van der Waals surface area (Å²) in [7, 11) is 1.65. The lowest BCUT2D eigenvalue weighted by Gasteiger charge is -2.16. The van der Waals surface area contributed by atoms with Crippen molar-refractivity contribution in [3.8, 4) is 11.5 Å². The SMILES string of the molecule is CN(Cc1ccc2c(c1)OCO2)C(=O)c1ccc([N+](=O)[O-])s1. The molecule has 1 aromatic carbocycles. The second-order valence-corrected chi connectivity index (χ2v) is 5.81. The van der Waals surface area contributed by atoms with Gasteiger partial charge in [0.15, 0.2) is 11.5 Å². The maximum absolute atomic E-state index is 12.3. The van der Waals surface area contributed by atoms with E-state index in [1.807, 2.05) is 12.1 Å². The van der Waals surface area contributed by atoms with Crippen molar-refractivity contribution in [2.45, 2.75) is 6.54 Å². The lowest BCUT2D eigenvalue weighted by Crippen LogP contribution is -2.25. The van der Waals surface area contributed by atoms with Crippen molar-refractivity contribution in [1.82, 2.24) is 4.90 Å². The van der Waals surface area contributed by atoms with Crippen molar-refractivity contribution in [2.24, 2.45) is 0 Å². The number of hydrogen-bond donors (Lipinski definition) is 0. The van der Waals surface area contributed by atoms with E-state index in [4.69, 9.17) is 9.47 Å². The monoisotopic (exact) mass is 320 g/mol. The minimum Gasteiger partial charge on any atom is -0.454 e. The Bertz CT molecular complexity index is 743. The lowest BCUT2D eigenvalue weighted by atomic mass is 10.2. The van der Waals surface area contributed by atoms with Crippen LogP contribution in [0.1, 0.15) is 15.2 Å². The van der Waals surface area contributed by atoms with E-state index >= 15 is 0 Å². The number of rotatable bonds is 4. The molecule has 0 saturated carbocycles. The van der Waals surface area contributed by atoms with Gasteiger partial charge in [-0.25, -0.2) is 0 Å². The fourth-order valence-electron chi connectivity index (χ4n) is 2.11. The van der Waals surface area contributed by atoms with Gasteiger partial charge in [-0.1, -0.05) is 17.4 Å². The molecule has 1 amide bonds. The lowest BCUT2D eigenvalue weighted by molar-refractivity contribution is -0.380. The van der Waals surface area contributed by atoms with Crippen LogP contribution in [0.4, 0.5) is 5.00 Å². The van der Waals surface area contributed by atoms with Gasteiger partial charge >= 0.3 is 5.00 Å². The van der Waals surface area contributed by atoms with Gasteiger partial charge in [0.1, 0.15) is 0 Å². The van der Waals surface area contributed by atoms with Crippen molar-refractivity contribution in [1.29, 1.82) is 0 Å². The maximum atomic E-state index is 12.3. The molecule has 0 fully saturated rings. The minimum absolute atomic E-state index is 0.0418. The predicted molar refractivity (Wildman–Crippen MR) is 79.3 cm³/mol. The maximum Gasteiger partial charge on any atom is 0.324 e. The Labute approximate surface area is 129 Å². The van der Waals surface area contributed by atoms with Crippen LogP contribution in [0.25, 0.3) is 0 Å². The molecule has 7 nitrogen and oxygen atoms in total. The van der Waals surface area contributed by atoms with E-state index < -0.39 is 4.92 Å². The van der Waals surface area contributed by atoms with E-state index in [1.165, 1.54) is 17.0 Å². The summed E-state index contributed by atoms with van der Waals surface area (Å²) < 4.78 is 10.5. The molecule has 0 saturated heterocycles. The number of thiophene rings is 1. The molecule has 0 radical (unpaired) electrons. The summed E-state index contributed by atoms with van der Waals surface area (Å²) in [4.78, 5) is 24.3. The summed E-state index contributed by atoms with van der Waals surface area (Å²) in [5.41, 5.74) is 0.895. The highest BCUT2D eigenvalue weighted by atomic mass is 32.1. The van der Waals surface area contributed by atoms with Crippen molar-refractivity contribution < 1.29 is 19.2 Å². The average Bonchev–Trinajstić information content (AvgIpc) is 3.15. The van der Waals surface area contributed by atoms with Crippen LogP contribution in [0.3, 0.4) is 0 Å². The van der Waals surface area contributed by atoms with Crippen LogP contribution in [0.5, 0.6) is 11.5 Å². The number of amides is 1. The number of benzene rings is 1. The third kappa shape index (κ3) is 2.73. The fraction of sp³-hybridized carbons (Fsp3) is 0.214. The molecule has 0 aliphatic carbocycles. The summed E-state index contributed by atoms with van der Waals surface area (Å²) in [6.45, 7) is 0.577. The van der Waals surface area contributed by atoms with E-state index in [2.05, 4.69) is 0 Å². The molecule has 8 heteroatoms. The summed E-state index contributed by atoms with van der Waals surface area (Å²) in [5.74, 6) is 1.09. The molecule has 0 unspecified atom stereocenters. The van der Waals surface area contributed by atoms with Crippen molar-refractivity contribution in [3.63, 3.8) is 0 Å². The Hall–Kier alpha value is -2.61. The summed E-state index contributed by atoms with van der Waals surface area (Å²) >= 11 is 0.873. The quantitative estimate of drug-likeness (QED) is 0.639. The zero-order valence-electron chi connectivity index (χ0n) is 11.6. The Morgan fingerprint density at radius 2 is 2.09 bits per heavy atom. The van der Waals surface area contributed by atoms with Crippen LogP contribution < -0.4 is 9.47 Å². The zero-order valence-corrected chi connectivity index (χ0v) is 12.5. The van der Waals surface area contributed by atoms with Crippen LogP contribution in [-0.2, 0) is 6.54 Å². The first kappa shape index (κ1) is 14.3. The Balaban J connectivity index is 1.71. The minimum atomic E-state index is -0.501. The first-order chi connectivity index (χ1) is 10.5. The second kappa shape index (κ2) is 5.64. The van der Waals surface area contributed by atoms with E-state index in [1.54, 1.807) is 13.1 Å². The molecule has 114 valence electrons. The normalized spacial score (nSPS) is 12.2. The van der Waals surface area contributed by atoms with Crippen molar-refractivity contribution in [3.05, 3.63) is 50.9 Å². The highest BCUT2D eigenvalue weighted by molar-refractivity contribution is 7.17. The highest BCUT2D eigenvalue weighted by Gasteiger charge is 2.19. The molecule has 2 heterocycles. The van der Waals surface area contributed by atoms with Crippen LogP contribution >= 0.6 is 11.3 Å². The molecule has 0 bridgehead atoms. The third-order valence-electron chi connectivity index (χ3n) is 3.19. The Morgan fingerprint density at radius 1 is 1.32 bits per heavy atom. The topological polar surface area (TPSA) is 81.9 Å². The number of hydrogen-bond acceptors (Lipinski definition) is 6. The number of nitrogens with zero attached hydrogens (tertiary/aromatic N) is 2. The van der Waals surface area contributed by atoms with E-state index in [-0.39, 0.29) is 17.7 Å². The van der Waals surface area contributed by atoms with E-state index in [0.717, 1.165) is 16.9 Å². The fourth-order valence-corrected chi connectivity index (χ4v) is 2.93. The van der Waals surface area contributed by atoms with Gasteiger partial charge in [0.05, 0.1) is 9.80 Å². The largest absolute Gasteiger partial charge is 0.454 e. The van der Waals surface area contributed by atoms with E-state index in [9.17, 15) is 14.9 Å². The van der Waals surface area contributed by atoms with E-state index in [0.29, 0.717) is 22.9 Å². The molecule has 0 spiro atoms. The van der Waals surface area contributed by atoms with Crippen molar-refractivity contribution >= 4 is 22.2 Å². The van der Waals surface area contributed by atoms with Crippen LogP contribution in [0, 0.1) is 10.1 Å². The average molecular weight is 320 g/mol. The summed E-state index contributed by atoms with van der Waals surface area (Å²) in [5, 5.41) is 10.6. The van der Waals surface area contributed by atoms with Gasteiger partial charge in [-0.3, -0.25) is 14.9 Å². The molecule has 2 aromatic rings. The molecule has 0 atom stereocenters. The van der Waals surface area contributed by atoms with Crippen LogP contribution in [0.15, 0.2) is 30.3 Å². The molecular weight excluding hydrogens is 308 g/mol. The number of carbonyl (C=O) groups is 1. The molecule has 1 aromatic heterocycles. The van der Waals surface area contributed by atoms with Crippen LogP contribution in [-0.4, -0.2) is 29.6 Å². The van der Waals surface area contributed by atoms with Gasteiger partial charge in [0.25, 0.3) is 5.91 Å². The number of ether oxygens (including phenoxy) is 2. The number of fused-ring (bicyclic) bond motifs is 1. The third-order valence-corrected chi connectivity index (χ3v) is 4.21. The van der Waals surface area contributed by atoms with Gasteiger partial charge in [0, 0.05) is 19.7 Å². The smallest absolute Gasteiger partial charge is 0.324 e. The zero-order chi connectivity index (χ0) is 15.7. The molecule has 1 aliphatic heterocycles. The van der Waals surface area contributed by atoms with Gasteiger partial charge in [-0.15, -0.1) is 0 Å². The number of carbonyl (C=O) groups excluding carboxylic acids is 1. The predicted octanol–water partition coefficient (Wildman–Crippen LogP) is 2.66. The Kier molecular flexibility index (Phi) is 3.68. The van der Waals surface area contributed by atoms with Crippen LogP contribution in [0.2, 0.25) is 0 Å². The standard InChI is InChI=1S/C14H12N2O5S/c1-15(14(17)12-4-5-13(22-12)16(18)19)7-9-2-3-10-11(6-9)21-8-20-10/h2-6H,7-8H2,1H3. The molecule has 0 N–H and O–H groups in total. The molecular formula is C14H12N2O5S. The van der Waals surface area contributed by atoms with Crippen molar-refractivity contribution in [2.75, 3.05) is 13.8 Å². The summed E-state index contributed by atoms with van der Waals surface area (Å²) in [6.07, 6.45) is 0. The Morgan fingerprint density at radius 3 is 2.82 bits per heavy atom. The van der Waals surface area contributed by atoms with Gasteiger partial charge in [-0.2, -0.15) is 0 Å². The number of nitro groups is 1.